The Kier molecular flexibility index (Phi) is 5.02. The fourth-order valence-corrected chi connectivity index (χ4v) is 2.44. The van der Waals surface area contributed by atoms with Crippen LogP contribution >= 0.6 is 0 Å². The van der Waals surface area contributed by atoms with E-state index in [9.17, 15) is 13.2 Å². The van der Waals surface area contributed by atoms with Gasteiger partial charge in [0.15, 0.2) is 0 Å². The fraction of sp³-hybridized carbons (Fsp3) is 0.294. The molecular formula is C17H18F3N. The standard InChI is InChI=1S/C17H18F3N/c1-3-16(21-4-2)11-5-7-12(8-6-11)17-14(19)9-13(18)10-15(17)20/h5-10,16,21H,3-4H2,1-2H3. The lowest BCUT2D eigenvalue weighted by molar-refractivity contribution is 0.537. The van der Waals surface area contributed by atoms with Gasteiger partial charge in [0.1, 0.15) is 17.5 Å². The van der Waals surface area contributed by atoms with E-state index in [1.807, 2.05) is 19.1 Å². The zero-order chi connectivity index (χ0) is 15.4. The normalized spacial score (nSPS) is 12.4. The molecule has 0 saturated carbocycles. The molecule has 0 radical (unpaired) electrons. The summed E-state index contributed by atoms with van der Waals surface area (Å²) in [5.74, 6) is -2.69. The van der Waals surface area contributed by atoms with Gasteiger partial charge in [-0.3, -0.25) is 0 Å². The maximum atomic E-state index is 13.8. The molecule has 1 nitrogen and oxygen atoms in total. The minimum Gasteiger partial charge on any atom is -0.310 e. The van der Waals surface area contributed by atoms with Crippen LogP contribution in [0, 0.1) is 17.5 Å². The first-order valence-electron chi connectivity index (χ1n) is 7.05. The van der Waals surface area contributed by atoms with Crippen molar-refractivity contribution in [1.29, 1.82) is 0 Å². The van der Waals surface area contributed by atoms with Crippen LogP contribution in [0.15, 0.2) is 36.4 Å². The van der Waals surface area contributed by atoms with Gasteiger partial charge < -0.3 is 5.32 Å². The summed E-state index contributed by atoms with van der Waals surface area (Å²) in [7, 11) is 0. The first-order chi connectivity index (χ1) is 10.1. The van der Waals surface area contributed by atoms with E-state index in [-0.39, 0.29) is 11.6 Å². The first kappa shape index (κ1) is 15.6. The number of hydrogen-bond acceptors (Lipinski definition) is 1. The Balaban J connectivity index is 2.35. The summed E-state index contributed by atoms with van der Waals surface area (Å²) in [5, 5.41) is 3.34. The summed E-state index contributed by atoms with van der Waals surface area (Å²) in [6.07, 6.45) is 0.923. The van der Waals surface area contributed by atoms with Crippen LogP contribution in [0.25, 0.3) is 11.1 Å². The smallest absolute Gasteiger partial charge is 0.136 e. The van der Waals surface area contributed by atoms with Gasteiger partial charge in [0, 0.05) is 18.2 Å². The van der Waals surface area contributed by atoms with E-state index in [2.05, 4.69) is 12.2 Å². The molecule has 1 unspecified atom stereocenters. The van der Waals surface area contributed by atoms with Crippen molar-refractivity contribution in [2.75, 3.05) is 6.54 Å². The molecule has 1 atom stereocenters. The molecule has 21 heavy (non-hydrogen) atoms. The maximum Gasteiger partial charge on any atom is 0.136 e. The number of benzene rings is 2. The molecule has 2 aromatic carbocycles. The third kappa shape index (κ3) is 3.45. The fourth-order valence-electron chi connectivity index (χ4n) is 2.44. The lowest BCUT2D eigenvalue weighted by atomic mass is 9.99. The second-order valence-electron chi connectivity index (χ2n) is 4.88. The summed E-state index contributed by atoms with van der Waals surface area (Å²) >= 11 is 0. The monoisotopic (exact) mass is 293 g/mol. The van der Waals surface area contributed by atoms with Gasteiger partial charge >= 0.3 is 0 Å². The number of hydrogen-bond donors (Lipinski definition) is 1. The highest BCUT2D eigenvalue weighted by atomic mass is 19.1. The Hall–Kier alpha value is -1.81. The van der Waals surface area contributed by atoms with E-state index in [1.54, 1.807) is 12.1 Å². The quantitative estimate of drug-likeness (QED) is 0.832. The predicted molar refractivity (Wildman–Crippen MR) is 78.5 cm³/mol. The second kappa shape index (κ2) is 6.76. The first-order valence-corrected chi connectivity index (χ1v) is 7.05. The average molecular weight is 293 g/mol. The molecule has 0 aliphatic heterocycles. The lowest BCUT2D eigenvalue weighted by Gasteiger charge is -2.16. The molecule has 0 amide bonds. The molecule has 0 spiro atoms. The number of halogens is 3. The van der Waals surface area contributed by atoms with E-state index >= 15 is 0 Å². The topological polar surface area (TPSA) is 12.0 Å². The molecule has 4 heteroatoms. The Labute approximate surface area is 122 Å². The van der Waals surface area contributed by atoms with Crippen molar-refractivity contribution < 1.29 is 13.2 Å². The largest absolute Gasteiger partial charge is 0.310 e. The van der Waals surface area contributed by atoms with E-state index in [0.29, 0.717) is 17.7 Å². The molecule has 0 aromatic heterocycles. The Morgan fingerprint density at radius 1 is 0.952 bits per heavy atom. The lowest BCUT2D eigenvalue weighted by Crippen LogP contribution is -2.19. The van der Waals surface area contributed by atoms with Crippen molar-refractivity contribution in [3.05, 3.63) is 59.4 Å². The third-order valence-electron chi connectivity index (χ3n) is 3.47. The number of rotatable bonds is 5. The van der Waals surface area contributed by atoms with Gasteiger partial charge in [-0.1, -0.05) is 38.1 Å². The summed E-state index contributed by atoms with van der Waals surface area (Å²) in [5.41, 5.74) is 1.27. The molecule has 0 saturated heterocycles. The van der Waals surface area contributed by atoms with E-state index in [4.69, 9.17) is 0 Å². The maximum absolute atomic E-state index is 13.8. The Morgan fingerprint density at radius 3 is 2.00 bits per heavy atom. The SMILES string of the molecule is CCNC(CC)c1ccc(-c2c(F)cc(F)cc2F)cc1. The van der Waals surface area contributed by atoms with Gasteiger partial charge in [-0.15, -0.1) is 0 Å². The van der Waals surface area contributed by atoms with Gasteiger partial charge in [0.05, 0.1) is 5.56 Å². The van der Waals surface area contributed by atoms with Crippen molar-refractivity contribution >= 4 is 0 Å². The van der Waals surface area contributed by atoms with Crippen LogP contribution in [0.4, 0.5) is 13.2 Å². The highest BCUT2D eigenvalue weighted by molar-refractivity contribution is 5.65. The van der Waals surface area contributed by atoms with Crippen molar-refractivity contribution in [2.24, 2.45) is 0 Å². The third-order valence-corrected chi connectivity index (χ3v) is 3.47. The minimum absolute atomic E-state index is 0.195. The van der Waals surface area contributed by atoms with Gasteiger partial charge in [-0.2, -0.15) is 0 Å². The highest BCUT2D eigenvalue weighted by Crippen LogP contribution is 2.28. The van der Waals surface area contributed by atoms with Crippen LogP contribution in [-0.2, 0) is 0 Å². The van der Waals surface area contributed by atoms with Gasteiger partial charge in [0.2, 0.25) is 0 Å². The van der Waals surface area contributed by atoms with Crippen molar-refractivity contribution in [3.8, 4) is 11.1 Å². The summed E-state index contributed by atoms with van der Waals surface area (Å²) < 4.78 is 40.4. The minimum atomic E-state index is -0.913. The van der Waals surface area contributed by atoms with Crippen molar-refractivity contribution in [3.63, 3.8) is 0 Å². The molecule has 0 aliphatic rings. The highest BCUT2D eigenvalue weighted by Gasteiger charge is 2.14. The van der Waals surface area contributed by atoms with Crippen molar-refractivity contribution in [2.45, 2.75) is 26.3 Å². The van der Waals surface area contributed by atoms with Gasteiger partial charge in [-0.05, 0) is 24.1 Å². The molecule has 0 fully saturated rings. The zero-order valence-corrected chi connectivity index (χ0v) is 12.1. The van der Waals surface area contributed by atoms with Gasteiger partial charge in [-0.25, -0.2) is 13.2 Å². The molecular weight excluding hydrogens is 275 g/mol. The van der Waals surface area contributed by atoms with Crippen LogP contribution < -0.4 is 5.32 Å². The second-order valence-corrected chi connectivity index (χ2v) is 4.88. The Bertz CT molecular complexity index is 585. The molecule has 112 valence electrons. The average Bonchev–Trinajstić information content (AvgIpc) is 2.44. The summed E-state index contributed by atoms with van der Waals surface area (Å²) in [6, 6.07) is 8.61. The van der Waals surface area contributed by atoms with Crippen LogP contribution in [0.1, 0.15) is 31.9 Å². The molecule has 0 heterocycles. The summed E-state index contributed by atoms with van der Waals surface area (Å²) in [4.78, 5) is 0. The van der Waals surface area contributed by atoms with Gasteiger partial charge in [0.25, 0.3) is 0 Å². The molecule has 2 rings (SSSR count). The Morgan fingerprint density at radius 2 is 1.52 bits per heavy atom. The van der Waals surface area contributed by atoms with Crippen LogP contribution in [0.2, 0.25) is 0 Å². The summed E-state index contributed by atoms with van der Waals surface area (Å²) in [6.45, 7) is 4.95. The van der Waals surface area contributed by atoms with E-state index in [0.717, 1.165) is 18.5 Å². The molecule has 1 N–H and O–H groups in total. The molecule has 0 bridgehead atoms. The number of nitrogens with one attached hydrogen (secondary N) is 1. The van der Waals surface area contributed by atoms with Crippen LogP contribution in [-0.4, -0.2) is 6.54 Å². The molecule has 2 aromatic rings. The molecule has 0 aliphatic carbocycles. The predicted octanol–water partition coefficient (Wildman–Crippen LogP) is 4.83. The van der Waals surface area contributed by atoms with E-state index < -0.39 is 17.5 Å². The van der Waals surface area contributed by atoms with Crippen LogP contribution in [0.5, 0.6) is 0 Å². The van der Waals surface area contributed by atoms with E-state index in [1.165, 1.54) is 0 Å². The van der Waals surface area contributed by atoms with Crippen molar-refractivity contribution in [1.82, 2.24) is 5.32 Å². The zero-order valence-electron chi connectivity index (χ0n) is 12.1. The van der Waals surface area contributed by atoms with Crippen LogP contribution in [0.3, 0.4) is 0 Å².